The first kappa shape index (κ1) is 15.9. The summed E-state index contributed by atoms with van der Waals surface area (Å²) in [6.45, 7) is 6.91. The Morgan fingerprint density at radius 2 is 1.89 bits per heavy atom. The molecular weight excluding hydrogens is 272 g/mol. The highest BCUT2D eigenvalue weighted by atomic mass is 35.5. The Labute approximate surface area is 117 Å². The zero-order valence-electron chi connectivity index (χ0n) is 10.9. The van der Waals surface area contributed by atoms with E-state index in [9.17, 15) is 4.79 Å². The Hall–Kier alpha value is -1.18. The van der Waals surface area contributed by atoms with E-state index in [1.807, 2.05) is 6.92 Å². The van der Waals surface area contributed by atoms with Crippen molar-refractivity contribution in [2.24, 2.45) is 0 Å². The molecule has 19 heavy (non-hydrogen) atoms. The van der Waals surface area contributed by atoms with Crippen molar-refractivity contribution in [3.05, 3.63) is 11.4 Å². The van der Waals surface area contributed by atoms with Crippen LogP contribution in [0.5, 0.6) is 0 Å². The van der Waals surface area contributed by atoms with E-state index in [2.05, 4.69) is 24.7 Å². The molecule has 1 fully saturated rings. The summed E-state index contributed by atoms with van der Waals surface area (Å²) < 4.78 is 4.67. The maximum absolute atomic E-state index is 10.5. The van der Waals surface area contributed by atoms with Crippen LogP contribution in [0.2, 0.25) is 0 Å². The minimum Gasteiger partial charge on any atom is -0.481 e. The zero-order chi connectivity index (χ0) is 13.0. The number of carboxylic acids is 1. The average Bonchev–Trinajstić information content (AvgIpc) is 2.74. The lowest BCUT2D eigenvalue weighted by atomic mass is 10.2. The fourth-order valence-electron chi connectivity index (χ4n) is 2.03. The highest BCUT2D eigenvalue weighted by Gasteiger charge is 2.19. The van der Waals surface area contributed by atoms with Crippen molar-refractivity contribution in [1.82, 2.24) is 20.1 Å². The van der Waals surface area contributed by atoms with Gasteiger partial charge in [-0.25, -0.2) is 4.63 Å². The van der Waals surface area contributed by atoms with Gasteiger partial charge in [-0.15, -0.1) is 12.4 Å². The summed E-state index contributed by atoms with van der Waals surface area (Å²) >= 11 is 0. The number of hydrogen-bond acceptors (Lipinski definition) is 6. The van der Waals surface area contributed by atoms with Gasteiger partial charge < -0.3 is 10.0 Å². The zero-order valence-corrected chi connectivity index (χ0v) is 11.7. The Bertz CT molecular complexity index is 404. The predicted molar refractivity (Wildman–Crippen MR) is 70.3 cm³/mol. The molecular formula is C11H19ClN4O3. The molecule has 8 heteroatoms. The first-order valence-electron chi connectivity index (χ1n) is 6.09. The van der Waals surface area contributed by atoms with Crippen LogP contribution in [-0.4, -0.2) is 63.9 Å². The number of aliphatic carboxylic acids is 1. The lowest BCUT2D eigenvalue weighted by molar-refractivity contribution is -0.137. The number of carboxylic acid groups (broad SMARTS) is 1. The van der Waals surface area contributed by atoms with Crippen LogP contribution < -0.4 is 0 Å². The lowest BCUT2D eigenvalue weighted by Crippen LogP contribution is -2.46. The molecule has 7 nitrogen and oxygen atoms in total. The van der Waals surface area contributed by atoms with Gasteiger partial charge in [-0.05, 0) is 6.92 Å². The molecule has 108 valence electrons. The molecule has 0 atom stereocenters. The highest BCUT2D eigenvalue weighted by molar-refractivity contribution is 5.85. The predicted octanol–water partition coefficient (Wildman–Crippen LogP) is 0.392. The Morgan fingerprint density at radius 1 is 1.26 bits per heavy atom. The van der Waals surface area contributed by atoms with E-state index in [4.69, 9.17) is 5.11 Å². The number of hydrogen-bond donors (Lipinski definition) is 1. The number of halogens is 1. The van der Waals surface area contributed by atoms with Crippen molar-refractivity contribution in [2.45, 2.75) is 19.9 Å². The standard InChI is InChI=1S/C11H18N4O3.ClH/c1-9-10(13-18-12-9)8-15-6-4-14(5-7-15)3-2-11(16)17;/h2-8H2,1H3,(H,16,17);1H. The van der Waals surface area contributed by atoms with Gasteiger partial charge in [0.25, 0.3) is 0 Å². The summed E-state index contributed by atoms with van der Waals surface area (Å²) in [7, 11) is 0. The molecule has 1 aliphatic heterocycles. The molecule has 0 aromatic carbocycles. The second kappa shape index (κ2) is 7.42. The Morgan fingerprint density at radius 3 is 2.42 bits per heavy atom. The van der Waals surface area contributed by atoms with Crippen LogP contribution in [0.3, 0.4) is 0 Å². The van der Waals surface area contributed by atoms with E-state index >= 15 is 0 Å². The van der Waals surface area contributed by atoms with Gasteiger partial charge in [-0.2, -0.15) is 0 Å². The van der Waals surface area contributed by atoms with Crippen molar-refractivity contribution in [2.75, 3.05) is 32.7 Å². The van der Waals surface area contributed by atoms with E-state index in [0.29, 0.717) is 6.54 Å². The first-order chi connectivity index (χ1) is 8.65. The van der Waals surface area contributed by atoms with Gasteiger partial charge in [0.05, 0.1) is 6.42 Å². The van der Waals surface area contributed by atoms with Crippen LogP contribution in [0.4, 0.5) is 0 Å². The summed E-state index contributed by atoms with van der Waals surface area (Å²) in [5.41, 5.74) is 1.72. The number of nitrogens with zero attached hydrogens (tertiary/aromatic N) is 4. The summed E-state index contributed by atoms with van der Waals surface area (Å²) in [6.07, 6.45) is 0.215. The van der Waals surface area contributed by atoms with E-state index in [-0.39, 0.29) is 18.8 Å². The van der Waals surface area contributed by atoms with Gasteiger partial charge >= 0.3 is 5.97 Å². The van der Waals surface area contributed by atoms with Gasteiger partial charge in [0.2, 0.25) is 0 Å². The molecule has 1 saturated heterocycles. The van der Waals surface area contributed by atoms with Crippen molar-refractivity contribution in [3.63, 3.8) is 0 Å². The van der Waals surface area contributed by atoms with Crippen LogP contribution >= 0.6 is 12.4 Å². The maximum Gasteiger partial charge on any atom is 0.304 e. The normalized spacial score (nSPS) is 17.1. The number of aromatic nitrogens is 2. The van der Waals surface area contributed by atoms with Crippen molar-refractivity contribution >= 4 is 18.4 Å². The van der Waals surface area contributed by atoms with Crippen LogP contribution in [0.15, 0.2) is 4.63 Å². The van der Waals surface area contributed by atoms with E-state index in [1.54, 1.807) is 0 Å². The SMILES string of the molecule is Cc1nonc1CN1CCN(CCC(=O)O)CC1.Cl. The van der Waals surface area contributed by atoms with Crippen molar-refractivity contribution < 1.29 is 14.5 Å². The molecule has 1 aromatic heterocycles. The minimum atomic E-state index is -0.735. The topological polar surface area (TPSA) is 82.7 Å². The quantitative estimate of drug-likeness (QED) is 0.840. The maximum atomic E-state index is 10.5. The molecule has 1 N–H and O–H groups in total. The number of carbonyl (C=O) groups is 1. The Balaban J connectivity index is 0.00000180. The molecule has 0 spiro atoms. The molecule has 0 amide bonds. The summed E-state index contributed by atoms with van der Waals surface area (Å²) in [4.78, 5) is 15.0. The second-order valence-electron chi connectivity index (χ2n) is 4.56. The summed E-state index contributed by atoms with van der Waals surface area (Å²) in [6, 6.07) is 0. The van der Waals surface area contributed by atoms with Crippen molar-refractivity contribution in [3.8, 4) is 0 Å². The monoisotopic (exact) mass is 290 g/mol. The second-order valence-corrected chi connectivity index (χ2v) is 4.56. The van der Waals surface area contributed by atoms with Crippen LogP contribution in [-0.2, 0) is 11.3 Å². The molecule has 1 aromatic rings. The summed E-state index contributed by atoms with van der Waals surface area (Å²) in [5.74, 6) is -0.735. The molecule has 0 radical (unpaired) electrons. The van der Waals surface area contributed by atoms with Gasteiger partial charge in [0.1, 0.15) is 11.4 Å². The Kier molecular flexibility index (Phi) is 6.20. The van der Waals surface area contributed by atoms with Gasteiger partial charge in [0.15, 0.2) is 0 Å². The number of piperazine rings is 1. The summed E-state index contributed by atoms with van der Waals surface area (Å²) in [5, 5.41) is 16.3. The molecule has 0 bridgehead atoms. The third-order valence-electron chi connectivity index (χ3n) is 3.23. The van der Waals surface area contributed by atoms with Crippen LogP contribution in [0, 0.1) is 6.92 Å². The van der Waals surface area contributed by atoms with E-state index in [0.717, 1.165) is 44.1 Å². The third kappa shape index (κ3) is 4.77. The third-order valence-corrected chi connectivity index (χ3v) is 3.23. The molecule has 2 rings (SSSR count). The van der Waals surface area contributed by atoms with Gasteiger partial charge in [0, 0.05) is 39.3 Å². The number of rotatable bonds is 5. The average molecular weight is 291 g/mol. The molecule has 0 unspecified atom stereocenters. The first-order valence-corrected chi connectivity index (χ1v) is 6.09. The van der Waals surface area contributed by atoms with E-state index < -0.39 is 5.97 Å². The van der Waals surface area contributed by atoms with Gasteiger partial charge in [-0.3, -0.25) is 9.69 Å². The molecule has 2 heterocycles. The molecule has 0 saturated carbocycles. The molecule has 1 aliphatic rings. The van der Waals surface area contributed by atoms with Crippen molar-refractivity contribution in [1.29, 1.82) is 0 Å². The lowest BCUT2D eigenvalue weighted by Gasteiger charge is -2.33. The highest BCUT2D eigenvalue weighted by Crippen LogP contribution is 2.09. The van der Waals surface area contributed by atoms with Crippen LogP contribution in [0.25, 0.3) is 0 Å². The largest absolute Gasteiger partial charge is 0.481 e. The smallest absolute Gasteiger partial charge is 0.304 e. The molecule has 0 aliphatic carbocycles. The number of aryl methyl sites for hydroxylation is 1. The fourth-order valence-corrected chi connectivity index (χ4v) is 2.03. The minimum absolute atomic E-state index is 0. The van der Waals surface area contributed by atoms with Gasteiger partial charge in [-0.1, -0.05) is 10.3 Å². The fraction of sp³-hybridized carbons (Fsp3) is 0.727. The van der Waals surface area contributed by atoms with E-state index in [1.165, 1.54) is 0 Å². The van der Waals surface area contributed by atoms with Crippen LogP contribution in [0.1, 0.15) is 17.8 Å².